The van der Waals surface area contributed by atoms with Gasteiger partial charge in [0.2, 0.25) is 6.79 Å². The lowest BCUT2D eigenvalue weighted by Gasteiger charge is -2.51. The average molecular weight is 627 g/mol. The number of rotatable bonds is 7. The lowest BCUT2D eigenvalue weighted by atomic mass is 9.93. The van der Waals surface area contributed by atoms with E-state index in [4.69, 9.17) is 19.0 Å². The predicted molar refractivity (Wildman–Crippen MR) is 153 cm³/mol. The molecule has 11 nitrogen and oxygen atoms in total. The molecule has 14 heteroatoms. The first kappa shape index (κ1) is 29.5. The van der Waals surface area contributed by atoms with Crippen molar-refractivity contribution in [2.45, 2.75) is 22.9 Å². The molecule has 1 saturated heterocycles. The lowest BCUT2D eigenvalue weighted by molar-refractivity contribution is -0.0210. The van der Waals surface area contributed by atoms with Gasteiger partial charge in [0, 0.05) is 29.0 Å². The molecule has 3 aliphatic heterocycles. The highest BCUT2D eigenvalue weighted by Crippen LogP contribution is 2.45. The van der Waals surface area contributed by atoms with Gasteiger partial charge in [0.05, 0.1) is 26.4 Å². The van der Waals surface area contributed by atoms with Crippen LogP contribution in [0.25, 0.3) is 0 Å². The smallest absolute Gasteiger partial charge is 0.452 e. The number of hydrogen-bond acceptors (Lipinski definition) is 10. The fourth-order valence-electron chi connectivity index (χ4n) is 5.55. The minimum absolute atomic E-state index is 0.0257. The number of amides is 1. The molecule has 4 heterocycles. The molecule has 0 N–H and O–H groups in total. The number of hydrogen-bond donors (Lipinski definition) is 0. The van der Waals surface area contributed by atoms with Crippen LogP contribution in [0.5, 0.6) is 5.75 Å². The van der Waals surface area contributed by atoms with Crippen molar-refractivity contribution >= 4 is 23.8 Å². The summed E-state index contributed by atoms with van der Waals surface area (Å²) < 4.78 is 52.8. The van der Waals surface area contributed by atoms with Crippen molar-refractivity contribution in [1.29, 1.82) is 0 Å². The summed E-state index contributed by atoms with van der Waals surface area (Å²) >= 11 is 1.41. The second kappa shape index (κ2) is 12.6. The molecule has 0 aliphatic carbocycles. The minimum Gasteiger partial charge on any atom is -0.452 e. The van der Waals surface area contributed by atoms with Gasteiger partial charge in [0.15, 0.2) is 23.1 Å². The van der Waals surface area contributed by atoms with Gasteiger partial charge in [0.25, 0.3) is 5.91 Å². The van der Waals surface area contributed by atoms with Crippen molar-refractivity contribution in [2.75, 3.05) is 45.3 Å². The summed E-state index contributed by atoms with van der Waals surface area (Å²) in [5.41, 5.74) is 1.66. The Morgan fingerprint density at radius 2 is 2.05 bits per heavy atom. The van der Waals surface area contributed by atoms with E-state index in [9.17, 15) is 14.0 Å². The van der Waals surface area contributed by atoms with E-state index < -0.39 is 42.7 Å². The Morgan fingerprint density at radius 3 is 2.86 bits per heavy atom. The normalized spacial score (nSPS) is 19.2. The Hall–Kier alpha value is -4.56. The molecule has 3 aromatic rings. The zero-order valence-corrected chi connectivity index (χ0v) is 24.4. The second-order valence-electron chi connectivity index (χ2n) is 9.85. The summed E-state index contributed by atoms with van der Waals surface area (Å²) in [4.78, 5) is 33.7. The summed E-state index contributed by atoms with van der Waals surface area (Å²) in [7, 11) is 1.15. The third-order valence-corrected chi connectivity index (χ3v) is 8.57. The van der Waals surface area contributed by atoms with Gasteiger partial charge in [-0.05, 0) is 29.3 Å². The van der Waals surface area contributed by atoms with Crippen molar-refractivity contribution in [3.63, 3.8) is 0 Å². The average Bonchev–Trinajstić information content (AvgIpc) is 3.21. The summed E-state index contributed by atoms with van der Waals surface area (Å²) in [5, 5.41) is 6.17. The topological polar surface area (TPSA) is 104 Å². The van der Waals surface area contributed by atoms with E-state index in [-0.39, 0.29) is 54.5 Å². The van der Waals surface area contributed by atoms with Crippen molar-refractivity contribution < 1.29 is 42.2 Å². The molecule has 0 radical (unpaired) electrons. The molecule has 2 aromatic carbocycles. The molecule has 1 fully saturated rings. The van der Waals surface area contributed by atoms with Crippen LogP contribution in [0.1, 0.15) is 33.2 Å². The molecule has 44 heavy (non-hydrogen) atoms. The van der Waals surface area contributed by atoms with Crippen LogP contribution < -0.4 is 15.1 Å². The molecule has 0 bridgehead atoms. The number of morpholine rings is 1. The molecule has 0 saturated carbocycles. The maximum atomic E-state index is 15.4. The highest BCUT2D eigenvalue weighted by atomic mass is 32.2. The summed E-state index contributed by atoms with van der Waals surface area (Å²) in [5.74, 6) is -2.07. The number of methoxy groups -OCH3 is 1. The Morgan fingerprint density at radius 1 is 1.20 bits per heavy atom. The Bertz CT molecular complexity index is 1680. The van der Waals surface area contributed by atoms with Crippen LogP contribution in [0.4, 0.5) is 13.6 Å². The monoisotopic (exact) mass is 626 g/mol. The number of nitrogens with zero attached hydrogens (tertiary/aromatic N) is 4. The maximum Gasteiger partial charge on any atom is 0.510 e. The van der Waals surface area contributed by atoms with Gasteiger partial charge in [-0.15, -0.1) is 11.8 Å². The zero-order valence-electron chi connectivity index (χ0n) is 23.6. The van der Waals surface area contributed by atoms with Gasteiger partial charge < -0.3 is 28.7 Å². The minimum atomic E-state index is -0.983. The van der Waals surface area contributed by atoms with E-state index >= 15 is 4.39 Å². The maximum absolute atomic E-state index is 15.4. The van der Waals surface area contributed by atoms with Crippen LogP contribution in [0.2, 0.25) is 0 Å². The summed E-state index contributed by atoms with van der Waals surface area (Å²) in [6, 6.07) is 11.2. The third-order valence-electron chi connectivity index (χ3n) is 7.45. The predicted octanol–water partition coefficient (Wildman–Crippen LogP) is 4.05. The number of benzene rings is 2. The van der Waals surface area contributed by atoms with Crippen molar-refractivity contribution in [2.24, 2.45) is 5.16 Å². The van der Waals surface area contributed by atoms with Gasteiger partial charge in [-0.3, -0.25) is 14.5 Å². The number of carbonyl (C=O) groups excluding carboxylic acids is 2. The Labute approximate surface area is 255 Å². The number of halogens is 2. The quantitative estimate of drug-likeness (QED) is 0.126. The number of pyridine rings is 1. The van der Waals surface area contributed by atoms with Crippen molar-refractivity contribution in [1.82, 2.24) is 9.58 Å². The fraction of sp³-hybridized carbons (Fsp3) is 0.300. The molecule has 230 valence electrons. The van der Waals surface area contributed by atoms with Crippen molar-refractivity contribution in [3.8, 4) is 5.75 Å². The highest BCUT2D eigenvalue weighted by Gasteiger charge is 2.46. The van der Waals surface area contributed by atoms with Crippen molar-refractivity contribution in [3.05, 3.63) is 101 Å². The molecular weight excluding hydrogens is 598 g/mol. The van der Waals surface area contributed by atoms with Gasteiger partial charge in [0.1, 0.15) is 18.1 Å². The first-order valence-corrected chi connectivity index (χ1v) is 14.6. The molecule has 1 amide bonds. The number of ether oxygens (including phenoxy) is 4. The van der Waals surface area contributed by atoms with Crippen LogP contribution in [-0.4, -0.2) is 68.1 Å². The fourth-order valence-corrected chi connectivity index (χ4v) is 6.66. The molecule has 1 unspecified atom stereocenters. The molecule has 1 aromatic heterocycles. The van der Waals surface area contributed by atoms with Crippen LogP contribution >= 0.6 is 11.8 Å². The molecule has 3 aliphatic rings. The number of carbonyl (C=O) groups is 2. The first-order valence-electron chi connectivity index (χ1n) is 13.7. The standard InChI is InChI=1S/C30H28F2N4O7S/c1-3-13-43-33-22-10-11-35-27(28(22)41-17-42-30(38)39-2)29(37)34-12-14-40-15-24(34)36(35)26-18-8-9-21(31)25(32)20(18)16-44-23-7-5-4-6-19(23)26/h3-11,24,26H,1,12-17H2,2H3/b33-22+/t24-,26?/m1/s1. The van der Waals surface area contributed by atoms with E-state index in [0.717, 1.165) is 23.6 Å². The van der Waals surface area contributed by atoms with E-state index in [1.54, 1.807) is 27.9 Å². The van der Waals surface area contributed by atoms with E-state index in [2.05, 4.69) is 16.5 Å². The second-order valence-corrected chi connectivity index (χ2v) is 10.9. The van der Waals surface area contributed by atoms with Crippen LogP contribution in [0, 0.1) is 11.6 Å². The molecule has 2 atom stereocenters. The van der Waals surface area contributed by atoms with E-state index in [0.29, 0.717) is 5.56 Å². The van der Waals surface area contributed by atoms with Crippen LogP contribution in [0.3, 0.4) is 0 Å². The van der Waals surface area contributed by atoms with E-state index in [1.165, 1.54) is 17.8 Å². The van der Waals surface area contributed by atoms with Gasteiger partial charge in [-0.2, -0.15) is 0 Å². The largest absolute Gasteiger partial charge is 0.510 e. The van der Waals surface area contributed by atoms with Crippen LogP contribution in [-0.2, 0) is 24.8 Å². The molecule has 0 spiro atoms. The SMILES string of the molecule is C=CCO/N=c1\ccn2c(c1OCOC(=O)OC)C(=O)N1CCOC[C@H]1N2C1c2ccccc2SCc2c1ccc(F)c2F. The summed E-state index contributed by atoms with van der Waals surface area (Å²) in [6.45, 7) is 3.80. The number of thioether (sulfide) groups is 1. The van der Waals surface area contributed by atoms with E-state index in [1.807, 2.05) is 29.3 Å². The lowest BCUT2D eigenvalue weighted by Crippen LogP contribution is -2.66. The molecular formula is C30H28F2N4O7S. The number of aromatic nitrogens is 1. The highest BCUT2D eigenvalue weighted by molar-refractivity contribution is 7.98. The first-order chi connectivity index (χ1) is 21.4. The Kier molecular flexibility index (Phi) is 8.44. The molecule has 6 rings (SSSR count). The van der Waals surface area contributed by atoms with Crippen LogP contribution in [0.15, 0.2) is 71.4 Å². The van der Waals surface area contributed by atoms with Gasteiger partial charge in [-0.25, -0.2) is 13.6 Å². The summed E-state index contributed by atoms with van der Waals surface area (Å²) in [6.07, 6.45) is 1.52. The zero-order chi connectivity index (χ0) is 30.8. The third kappa shape index (κ3) is 5.24. The van der Waals surface area contributed by atoms with Gasteiger partial charge in [-0.1, -0.05) is 42.1 Å². The van der Waals surface area contributed by atoms with Gasteiger partial charge >= 0.3 is 6.16 Å². The Balaban J connectivity index is 1.59. The number of fused-ring (bicyclic) bond motifs is 4.